The summed E-state index contributed by atoms with van der Waals surface area (Å²) in [5, 5.41) is 6.22. The van der Waals surface area contributed by atoms with E-state index in [4.69, 9.17) is 0 Å². The molecule has 0 fully saturated rings. The predicted molar refractivity (Wildman–Crippen MR) is 86.7 cm³/mol. The van der Waals surface area contributed by atoms with Gasteiger partial charge >= 0.3 is 0 Å². The van der Waals surface area contributed by atoms with Crippen molar-refractivity contribution in [2.45, 2.75) is 13.3 Å². The molecule has 0 aliphatic rings. The van der Waals surface area contributed by atoms with Gasteiger partial charge in [0.05, 0.1) is 13.7 Å². The molecule has 2 N–H and O–H groups in total. The number of thiophene rings is 2. The maximum absolute atomic E-state index is 11.9. The van der Waals surface area contributed by atoms with Crippen LogP contribution in [0.15, 0.2) is 28.1 Å². The molecule has 0 saturated carbocycles. The number of rotatable bonds is 5. The van der Waals surface area contributed by atoms with Gasteiger partial charge in [0.1, 0.15) is 0 Å². The lowest BCUT2D eigenvalue weighted by Gasteiger charge is -2.02. The summed E-state index contributed by atoms with van der Waals surface area (Å²) < 4.78 is 1.09. The molecule has 0 atom stereocenters. The molecule has 0 spiro atoms. The van der Waals surface area contributed by atoms with Crippen LogP contribution in [0.5, 0.6) is 0 Å². The third kappa shape index (κ3) is 4.43. The second-order valence-electron chi connectivity index (χ2n) is 4.06. The molecular formula is C13H13BrN2O2S2. The highest BCUT2D eigenvalue weighted by Crippen LogP contribution is 2.23. The van der Waals surface area contributed by atoms with Crippen LogP contribution in [-0.2, 0) is 11.2 Å². The molecule has 2 aromatic heterocycles. The van der Waals surface area contributed by atoms with Gasteiger partial charge in [0.15, 0.2) is 0 Å². The first-order chi connectivity index (χ1) is 9.54. The molecular weight excluding hydrogens is 360 g/mol. The molecule has 7 heteroatoms. The second kappa shape index (κ2) is 7.01. The molecule has 2 heterocycles. The number of carbonyl (C=O) groups excluding carboxylic acids is 2. The molecule has 2 aromatic rings. The lowest BCUT2D eigenvalue weighted by atomic mass is 10.3. The Labute approximate surface area is 133 Å². The van der Waals surface area contributed by atoms with Gasteiger partial charge in [-0.05, 0) is 46.6 Å². The summed E-state index contributed by atoms with van der Waals surface area (Å²) in [4.78, 5) is 24.7. The van der Waals surface area contributed by atoms with Gasteiger partial charge in [-0.3, -0.25) is 9.59 Å². The van der Waals surface area contributed by atoms with Crippen LogP contribution in [0.1, 0.15) is 21.5 Å². The first-order valence-corrected chi connectivity index (χ1v) is 8.37. The van der Waals surface area contributed by atoms with Crippen molar-refractivity contribution >= 4 is 55.4 Å². The number of halogens is 1. The topological polar surface area (TPSA) is 58.2 Å². The molecule has 2 rings (SSSR count). The van der Waals surface area contributed by atoms with E-state index in [9.17, 15) is 9.59 Å². The van der Waals surface area contributed by atoms with Crippen LogP contribution in [0.3, 0.4) is 0 Å². The van der Waals surface area contributed by atoms with E-state index < -0.39 is 0 Å². The summed E-state index contributed by atoms with van der Waals surface area (Å²) in [6.07, 6.45) is 0.811. The first-order valence-electron chi connectivity index (χ1n) is 5.94. The molecule has 0 aromatic carbocycles. The molecule has 0 unspecified atom stereocenters. The third-order valence-corrected chi connectivity index (χ3v) is 5.10. The predicted octanol–water partition coefficient (Wildman–Crippen LogP) is 3.50. The van der Waals surface area contributed by atoms with Crippen LogP contribution in [0.4, 0.5) is 5.00 Å². The van der Waals surface area contributed by atoms with E-state index in [1.54, 1.807) is 23.5 Å². The monoisotopic (exact) mass is 372 g/mol. The normalized spacial score (nSPS) is 10.3. The minimum Gasteiger partial charge on any atom is -0.351 e. The first kappa shape index (κ1) is 15.2. The minimum absolute atomic E-state index is 0.109. The Morgan fingerprint density at radius 1 is 1.20 bits per heavy atom. The van der Waals surface area contributed by atoms with Gasteiger partial charge in [-0.1, -0.05) is 0 Å². The summed E-state index contributed by atoms with van der Waals surface area (Å²) in [7, 11) is 0. The highest BCUT2D eigenvalue weighted by molar-refractivity contribution is 9.11. The van der Waals surface area contributed by atoms with Crippen LogP contribution in [-0.4, -0.2) is 18.4 Å². The average Bonchev–Trinajstić information content (AvgIpc) is 2.98. The number of nitrogens with one attached hydrogen (secondary N) is 2. The third-order valence-electron chi connectivity index (χ3n) is 2.41. The molecule has 0 aliphatic carbocycles. The van der Waals surface area contributed by atoms with E-state index >= 15 is 0 Å². The van der Waals surface area contributed by atoms with Crippen LogP contribution in [0.25, 0.3) is 0 Å². The second-order valence-corrected chi connectivity index (χ2v) is 7.69. The Bertz CT molecular complexity index is 621. The summed E-state index contributed by atoms with van der Waals surface area (Å²) in [5.74, 6) is -0.246. The van der Waals surface area contributed by atoms with Crippen molar-refractivity contribution in [3.05, 3.63) is 37.8 Å². The number of hydrogen-bond acceptors (Lipinski definition) is 4. The van der Waals surface area contributed by atoms with Crippen LogP contribution < -0.4 is 10.6 Å². The van der Waals surface area contributed by atoms with Crippen molar-refractivity contribution in [2.24, 2.45) is 0 Å². The largest absolute Gasteiger partial charge is 0.351 e. The van der Waals surface area contributed by atoms with Crippen LogP contribution >= 0.6 is 38.6 Å². The Hall–Kier alpha value is -1.18. The molecule has 0 saturated heterocycles. The maximum atomic E-state index is 11.9. The summed E-state index contributed by atoms with van der Waals surface area (Å²) in [5.41, 5.74) is 0. The molecule has 4 nitrogen and oxygen atoms in total. The van der Waals surface area contributed by atoms with Gasteiger partial charge in [-0.15, -0.1) is 22.7 Å². The van der Waals surface area contributed by atoms with Crippen molar-refractivity contribution < 1.29 is 9.59 Å². The number of anilines is 1. The Morgan fingerprint density at radius 3 is 2.65 bits per heavy atom. The van der Waals surface area contributed by atoms with Crippen molar-refractivity contribution in [3.63, 3.8) is 0 Å². The van der Waals surface area contributed by atoms with Crippen molar-refractivity contribution in [2.75, 3.05) is 11.9 Å². The van der Waals surface area contributed by atoms with Gasteiger partial charge in [0.2, 0.25) is 5.91 Å². The molecule has 0 radical (unpaired) electrons. The number of amides is 2. The molecule has 0 bridgehead atoms. The van der Waals surface area contributed by atoms with E-state index in [-0.39, 0.29) is 11.8 Å². The van der Waals surface area contributed by atoms with Gasteiger partial charge in [-0.2, -0.15) is 0 Å². The van der Waals surface area contributed by atoms with Crippen molar-refractivity contribution in [1.82, 2.24) is 5.32 Å². The zero-order valence-corrected chi connectivity index (χ0v) is 14.0. The molecule has 0 aliphatic heterocycles. The SMILES string of the molecule is CC(=O)Nc1ccc(C(=O)NCCc2ccc(Br)s2)s1. The average molecular weight is 373 g/mol. The summed E-state index contributed by atoms with van der Waals surface area (Å²) >= 11 is 6.35. The van der Waals surface area contributed by atoms with E-state index in [1.165, 1.54) is 23.1 Å². The van der Waals surface area contributed by atoms with E-state index in [1.807, 2.05) is 12.1 Å². The number of hydrogen-bond donors (Lipinski definition) is 2. The minimum atomic E-state index is -0.137. The summed E-state index contributed by atoms with van der Waals surface area (Å²) in [6, 6.07) is 7.49. The highest BCUT2D eigenvalue weighted by atomic mass is 79.9. The smallest absolute Gasteiger partial charge is 0.261 e. The fourth-order valence-electron chi connectivity index (χ4n) is 1.57. The van der Waals surface area contributed by atoms with E-state index in [0.29, 0.717) is 16.4 Å². The number of carbonyl (C=O) groups is 2. The Morgan fingerprint density at radius 2 is 2.00 bits per heavy atom. The molecule has 20 heavy (non-hydrogen) atoms. The Balaban J connectivity index is 1.82. The Kier molecular flexibility index (Phi) is 5.33. The fraction of sp³-hybridized carbons (Fsp3) is 0.231. The fourth-order valence-corrected chi connectivity index (χ4v) is 3.92. The molecule has 106 valence electrons. The van der Waals surface area contributed by atoms with Gasteiger partial charge in [0.25, 0.3) is 5.91 Å². The van der Waals surface area contributed by atoms with Crippen LogP contribution in [0, 0.1) is 0 Å². The zero-order valence-electron chi connectivity index (χ0n) is 10.7. The van der Waals surface area contributed by atoms with Gasteiger partial charge < -0.3 is 10.6 Å². The van der Waals surface area contributed by atoms with E-state index in [2.05, 4.69) is 26.6 Å². The standard InChI is InChI=1S/C13H13BrN2O2S2/c1-8(17)16-12-5-3-10(20-12)13(18)15-7-6-9-2-4-11(14)19-9/h2-5H,6-7H2,1H3,(H,15,18)(H,16,17). The van der Waals surface area contributed by atoms with Crippen molar-refractivity contribution in [3.8, 4) is 0 Å². The van der Waals surface area contributed by atoms with Gasteiger partial charge in [0, 0.05) is 18.3 Å². The quantitative estimate of drug-likeness (QED) is 0.843. The lowest BCUT2D eigenvalue weighted by Crippen LogP contribution is -2.24. The van der Waals surface area contributed by atoms with Gasteiger partial charge in [-0.25, -0.2) is 0 Å². The van der Waals surface area contributed by atoms with Crippen LogP contribution in [0.2, 0.25) is 0 Å². The zero-order chi connectivity index (χ0) is 14.5. The molecule has 2 amide bonds. The van der Waals surface area contributed by atoms with E-state index in [0.717, 1.165) is 10.2 Å². The highest BCUT2D eigenvalue weighted by Gasteiger charge is 2.09. The lowest BCUT2D eigenvalue weighted by molar-refractivity contribution is -0.114. The van der Waals surface area contributed by atoms with Crippen molar-refractivity contribution in [1.29, 1.82) is 0 Å². The summed E-state index contributed by atoms with van der Waals surface area (Å²) in [6.45, 7) is 2.04. The maximum Gasteiger partial charge on any atom is 0.261 e.